The molecular formula is C12H17ClN2O2. The molecule has 0 fully saturated rings. The predicted octanol–water partition coefficient (Wildman–Crippen LogP) is 1.52. The zero-order chi connectivity index (χ0) is 12.8. The number of likely N-dealkylation sites (N-methyl/N-ethyl adjacent to an activating group) is 1. The maximum Gasteiger partial charge on any atom is 0.239 e. The van der Waals surface area contributed by atoms with E-state index in [2.05, 4.69) is 0 Å². The molecule has 1 aromatic rings. The fourth-order valence-electron chi connectivity index (χ4n) is 1.32. The molecule has 0 aromatic heterocycles. The summed E-state index contributed by atoms with van der Waals surface area (Å²) in [6.07, 6.45) is 0. The van der Waals surface area contributed by atoms with Crippen molar-refractivity contribution < 1.29 is 9.53 Å². The van der Waals surface area contributed by atoms with Gasteiger partial charge in [-0.25, -0.2) is 0 Å². The van der Waals surface area contributed by atoms with Crippen LogP contribution in [0.4, 0.5) is 0 Å². The standard InChI is InChI=1S/C12H17ClN2O2/c1-9(14)12(16)15(2)6-7-17-11-5-3-4-10(13)8-11/h3-5,8-9H,6-7,14H2,1-2H3/t9-/m1/s1. The molecule has 0 heterocycles. The smallest absolute Gasteiger partial charge is 0.239 e. The molecule has 0 saturated heterocycles. The first-order valence-electron chi connectivity index (χ1n) is 5.39. The molecule has 0 spiro atoms. The van der Waals surface area contributed by atoms with Crippen molar-refractivity contribution in [1.82, 2.24) is 4.90 Å². The Bertz CT molecular complexity index is 383. The highest BCUT2D eigenvalue weighted by molar-refractivity contribution is 6.30. The van der Waals surface area contributed by atoms with E-state index in [9.17, 15) is 4.79 Å². The van der Waals surface area contributed by atoms with Crippen LogP contribution in [0.15, 0.2) is 24.3 Å². The van der Waals surface area contributed by atoms with Crippen molar-refractivity contribution in [2.45, 2.75) is 13.0 Å². The largest absolute Gasteiger partial charge is 0.492 e. The Balaban J connectivity index is 2.35. The first kappa shape index (κ1) is 13.8. The van der Waals surface area contributed by atoms with Gasteiger partial charge < -0.3 is 15.4 Å². The lowest BCUT2D eigenvalue weighted by atomic mass is 10.3. The Morgan fingerprint density at radius 2 is 2.29 bits per heavy atom. The minimum absolute atomic E-state index is 0.0975. The number of hydrogen-bond acceptors (Lipinski definition) is 3. The third kappa shape index (κ3) is 4.63. The van der Waals surface area contributed by atoms with Crippen LogP contribution in [0.3, 0.4) is 0 Å². The van der Waals surface area contributed by atoms with Crippen LogP contribution in [0.1, 0.15) is 6.92 Å². The Labute approximate surface area is 106 Å². The summed E-state index contributed by atoms with van der Waals surface area (Å²) in [6.45, 7) is 2.57. The molecule has 5 heteroatoms. The first-order valence-corrected chi connectivity index (χ1v) is 5.77. The molecule has 0 bridgehead atoms. The van der Waals surface area contributed by atoms with E-state index in [0.29, 0.717) is 23.9 Å². The van der Waals surface area contributed by atoms with Gasteiger partial charge in [-0.2, -0.15) is 0 Å². The van der Waals surface area contributed by atoms with Gasteiger partial charge in [0.25, 0.3) is 0 Å². The van der Waals surface area contributed by atoms with Crippen LogP contribution in [-0.4, -0.2) is 37.0 Å². The molecule has 0 radical (unpaired) electrons. The highest BCUT2D eigenvalue weighted by Gasteiger charge is 2.12. The van der Waals surface area contributed by atoms with Gasteiger partial charge in [0.1, 0.15) is 12.4 Å². The fourth-order valence-corrected chi connectivity index (χ4v) is 1.50. The van der Waals surface area contributed by atoms with E-state index in [1.54, 1.807) is 31.0 Å². The number of halogens is 1. The summed E-state index contributed by atoms with van der Waals surface area (Å²) in [5.41, 5.74) is 5.49. The van der Waals surface area contributed by atoms with Gasteiger partial charge in [-0.05, 0) is 25.1 Å². The van der Waals surface area contributed by atoms with E-state index >= 15 is 0 Å². The number of benzene rings is 1. The van der Waals surface area contributed by atoms with Crippen molar-refractivity contribution in [2.75, 3.05) is 20.2 Å². The van der Waals surface area contributed by atoms with Crippen LogP contribution in [-0.2, 0) is 4.79 Å². The van der Waals surface area contributed by atoms with E-state index in [0.717, 1.165) is 0 Å². The SMILES string of the molecule is C[C@@H](N)C(=O)N(C)CCOc1cccc(Cl)c1. The number of carbonyl (C=O) groups is 1. The number of nitrogens with zero attached hydrogens (tertiary/aromatic N) is 1. The van der Waals surface area contributed by atoms with Crippen molar-refractivity contribution in [3.63, 3.8) is 0 Å². The summed E-state index contributed by atoms with van der Waals surface area (Å²) >= 11 is 5.82. The molecular weight excluding hydrogens is 240 g/mol. The summed E-state index contributed by atoms with van der Waals surface area (Å²) in [7, 11) is 1.70. The van der Waals surface area contributed by atoms with Gasteiger partial charge in [0.05, 0.1) is 12.6 Å². The molecule has 4 nitrogen and oxygen atoms in total. The summed E-state index contributed by atoms with van der Waals surface area (Å²) < 4.78 is 5.47. The van der Waals surface area contributed by atoms with E-state index in [1.165, 1.54) is 0 Å². The number of amides is 1. The second kappa shape index (κ2) is 6.47. The Morgan fingerprint density at radius 1 is 1.59 bits per heavy atom. The maximum atomic E-state index is 11.5. The van der Waals surface area contributed by atoms with Crippen molar-refractivity contribution in [3.8, 4) is 5.75 Å². The number of carbonyl (C=O) groups excluding carboxylic acids is 1. The Kier molecular flexibility index (Phi) is 5.25. The summed E-state index contributed by atoms with van der Waals surface area (Å²) in [4.78, 5) is 13.0. The van der Waals surface area contributed by atoms with Crippen LogP contribution < -0.4 is 10.5 Å². The molecule has 0 aliphatic carbocycles. The predicted molar refractivity (Wildman–Crippen MR) is 68.2 cm³/mol. The lowest BCUT2D eigenvalue weighted by Crippen LogP contribution is -2.41. The van der Waals surface area contributed by atoms with Crippen molar-refractivity contribution >= 4 is 17.5 Å². The van der Waals surface area contributed by atoms with Gasteiger partial charge in [0, 0.05) is 12.1 Å². The first-order chi connectivity index (χ1) is 8.00. The van der Waals surface area contributed by atoms with Crippen LogP contribution in [0.2, 0.25) is 5.02 Å². The lowest BCUT2D eigenvalue weighted by Gasteiger charge is -2.19. The molecule has 1 atom stereocenters. The Morgan fingerprint density at radius 3 is 2.88 bits per heavy atom. The molecule has 0 saturated carbocycles. The maximum absolute atomic E-state index is 11.5. The molecule has 94 valence electrons. The second-order valence-corrected chi connectivity index (χ2v) is 4.29. The van der Waals surface area contributed by atoms with Crippen molar-refractivity contribution in [2.24, 2.45) is 5.73 Å². The monoisotopic (exact) mass is 256 g/mol. The van der Waals surface area contributed by atoms with Gasteiger partial charge in [-0.1, -0.05) is 17.7 Å². The van der Waals surface area contributed by atoms with E-state index in [1.807, 2.05) is 12.1 Å². The van der Waals surface area contributed by atoms with Crippen LogP contribution in [0.5, 0.6) is 5.75 Å². The summed E-state index contributed by atoms with van der Waals surface area (Å²) in [6, 6.07) is 6.66. The topological polar surface area (TPSA) is 55.6 Å². The molecule has 0 unspecified atom stereocenters. The minimum Gasteiger partial charge on any atom is -0.492 e. The van der Waals surface area contributed by atoms with Crippen molar-refractivity contribution in [1.29, 1.82) is 0 Å². The highest BCUT2D eigenvalue weighted by atomic mass is 35.5. The molecule has 17 heavy (non-hydrogen) atoms. The highest BCUT2D eigenvalue weighted by Crippen LogP contribution is 2.16. The van der Waals surface area contributed by atoms with E-state index in [-0.39, 0.29) is 5.91 Å². The molecule has 1 rings (SSSR count). The van der Waals surface area contributed by atoms with Gasteiger partial charge in [-0.15, -0.1) is 0 Å². The quantitative estimate of drug-likeness (QED) is 0.869. The number of nitrogens with two attached hydrogens (primary N) is 1. The molecule has 1 aromatic carbocycles. The van der Waals surface area contributed by atoms with E-state index in [4.69, 9.17) is 22.1 Å². The average Bonchev–Trinajstić information content (AvgIpc) is 2.27. The van der Waals surface area contributed by atoms with E-state index < -0.39 is 6.04 Å². The summed E-state index contributed by atoms with van der Waals surface area (Å²) in [5, 5.41) is 0.627. The average molecular weight is 257 g/mol. The van der Waals surface area contributed by atoms with Crippen LogP contribution in [0.25, 0.3) is 0 Å². The molecule has 2 N–H and O–H groups in total. The number of hydrogen-bond donors (Lipinski definition) is 1. The number of ether oxygens (including phenoxy) is 1. The fraction of sp³-hybridized carbons (Fsp3) is 0.417. The molecule has 0 aliphatic rings. The van der Waals surface area contributed by atoms with Crippen LogP contribution >= 0.6 is 11.6 Å². The number of rotatable bonds is 5. The lowest BCUT2D eigenvalue weighted by molar-refractivity contribution is -0.131. The zero-order valence-electron chi connectivity index (χ0n) is 10.0. The third-order valence-electron chi connectivity index (χ3n) is 2.26. The normalized spacial score (nSPS) is 12.0. The summed E-state index contributed by atoms with van der Waals surface area (Å²) in [5.74, 6) is 0.596. The van der Waals surface area contributed by atoms with Gasteiger partial charge in [0.15, 0.2) is 0 Å². The zero-order valence-corrected chi connectivity index (χ0v) is 10.8. The minimum atomic E-state index is -0.480. The Hall–Kier alpha value is -1.26. The van der Waals surface area contributed by atoms with Gasteiger partial charge >= 0.3 is 0 Å². The van der Waals surface area contributed by atoms with Gasteiger partial charge in [0.2, 0.25) is 5.91 Å². The third-order valence-corrected chi connectivity index (χ3v) is 2.49. The van der Waals surface area contributed by atoms with Crippen LogP contribution in [0, 0.1) is 0 Å². The van der Waals surface area contributed by atoms with Gasteiger partial charge in [-0.3, -0.25) is 4.79 Å². The van der Waals surface area contributed by atoms with Crippen molar-refractivity contribution in [3.05, 3.63) is 29.3 Å². The molecule has 1 amide bonds. The molecule has 0 aliphatic heterocycles. The second-order valence-electron chi connectivity index (χ2n) is 3.85.